The van der Waals surface area contributed by atoms with Gasteiger partial charge in [-0.25, -0.2) is 8.42 Å². The van der Waals surface area contributed by atoms with E-state index >= 15 is 0 Å². The van der Waals surface area contributed by atoms with Crippen molar-refractivity contribution in [3.05, 3.63) is 58.6 Å². The van der Waals surface area contributed by atoms with E-state index in [2.05, 4.69) is 26.1 Å². The number of rotatable bonds is 7. The van der Waals surface area contributed by atoms with Gasteiger partial charge in [0.1, 0.15) is 17.3 Å². The lowest BCUT2D eigenvalue weighted by Crippen LogP contribution is -2.32. The summed E-state index contributed by atoms with van der Waals surface area (Å²) in [5, 5.41) is 2.92. The molecule has 0 saturated carbocycles. The molecule has 2 aromatic carbocycles. The van der Waals surface area contributed by atoms with E-state index in [0.29, 0.717) is 19.7 Å². The van der Waals surface area contributed by atoms with E-state index in [0.717, 1.165) is 37.0 Å². The lowest BCUT2D eigenvalue weighted by atomic mass is 9.86. The molecule has 3 rings (SSSR count). The summed E-state index contributed by atoms with van der Waals surface area (Å²) < 4.78 is 33.7. The van der Waals surface area contributed by atoms with Crippen molar-refractivity contribution in [3.63, 3.8) is 0 Å². The molecule has 0 aromatic heterocycles. The molecular formula is C25H33ClN2O4S. The first-order valence-corrected chi connectivity index (χ1v) is 13.2. The number of hydrogen-bond acceptors (Lipinski definition) is 4. The molecule has 0 radical (unpaired) electrons. The highest BCUT2D eigenvalue weighted by atomic mass is 35.5. The van der Waals surface area contributed by atoms with E-state index in [4.69, 9.17) is 16.3 Å². The summed E-state index contributed by atoms with van der Waals surface area (Å²) >= 11 is 6.23. The molecule has 1 fully saturated rings. The minimum atomic E-state index is -3.76. The van der Waals surface area contributed by atoms with Gasteiger partial charge >= 0.3 is 0 Å². The van der Waals surface area contributed by atoms with Crippen LogP contribution in [0.2, 0.25) is 5.02 Å². The number of halogens is 1. The summed E-state index contributed by atoms with van der Waals surface area (Å²) in [6, 6.07) is 12.2. The van der Waals surface area contributed by atoms with Crippen LogP contribution in [0.4, 0.5) is 0 Å². The van der Waals surface area contributed by atoms with Gasteiger partial charge in [0.2, 0.25) is 10.0 Å². The maximum atomic E-state index is 13.2. The fourth-order valence-corrected chi connectivity index (χ4v) is 5.92. The van der Waals surface area contributed by atoms with Crippen molar-refractivity contribution in [1.82, 2.24) is 9.62 Å². The molecule has 1 aliphatic heterocycles. The third-order valence-electron chi connectivity index (χ3n) is 5.72. The molecule has 1 N–H and O–H groups in total. The second-order valence-electron chi connectivity index (χ2n) is 9.31. The van der Waals surface area contributed by atoms with Crippen LogP contribution in [0.15, 0.2) is 47.4 Å². The molecule has 180 valence electrons. The molecule has 33 heavy (non-hydrogen) atoms. The van der Waals surface area contributed by atoms with Crippen LogP contribution in [0.3, 0.4) is 0 Å². The second kappa shape index (κ2) is 10.9. The predicted molar refractivity (Wildman–Crippen MR) is 132 cm³/mol. The van der Waals surface area contributed by atoms with Crippen LogP contribution in [0.5, 0.6) is 5.75 Å². The van der Waals surface area contributed by atoms with Gasteiger partial charge in [-0.3, -0.25) is 4.79 Å². The number of ether oxygens (including phenoxy) is 1. The minimum absolute atomic E-state index is 0.0194. The number of amides is 1. The third kappa shape index (κ3) is 6.49. The Morgan fingerprint density at radius 2 is 1.73 bits per heavy atom. The van der Waals surface area contributed by atoms with E-state index in [1.165, 1.54) is 22.5 Å². The summed E-state index contributed by atoms with van der Waals surface area (Å²) in [5.41, 5.74) is 1.29. The number of hydrogen-bond donors (Lipinski definition) is 1. The minimum Gasteiger partial charge on any atom is -0.491 e. The van der Waals surface area contributed by atoms with Gasteiger partial charge in [-0.2, -0.15) is 4.31 Å². The van der Waals surface area contributed by atoms with Crippen molar-refractivity contribution in [3.8, 4) is 5.75 Å². The Balaban J connectivity index is 1.65. The van der Waals surface area contributed by atoms with Crippen molar-refractivity contribution >= 4 is 27.5 Å². The van der Waals surface area contributed by atoms with E-state index in [9.17, 15) is 13.2 Å². The van der Waals surface area contributed by atoms with Gasteiger partial charge in [-0.05, 0) is 48.1 Å². The molecule has 1 aliphatic rings. The predicted octanol–water partition coefficient (Wildman–Crippen LogP) is 5.01. The Labute approximate surface area is 202 Å². The van der Waals surface area contributed by atoms with Crippen molar-refractivity contribution in [2.24, 2.45) is 0 Å². The zero-order valence-electron chi connectivity index (χ0n) is 19.6. The zero-order chi connectivity index (χ0) is 24.1. The van der Waals surface area contributed by atoms with E-state index in [-0.39, 0.29) is 33.3 Å². The molecule has 0 bridgehead atoms. The molecule has 8 heteroatoms. The van der Waals surface area contributed by atoms with Gasteiger partial charge in [0.05, 0.1) is 11.6 Å². The van der Waals surface area contributed by atoms with Crippen LogP contribution in [0.25, 0.3) is 0 Å². The van der Waals surface area contributed by atoms with Crippen LogP contribution in [-0.2, 0) is 15.4 Å². The Bertz CT molecular complexity index is 1070. The fourth-order valence-electron chi connectivity index (χ4n) is 3.90. The van der Waals surface area contributed by atoms with Crippen molar-refractivity contribution in [1.29, 1.82) is 0 Å². The number of nitrogens with zero attached hydrogens (tertiary/aromatic N) is 1. The Morgan fingerprint density at radius 1 is 1.06 bits per heavy atom. The van der Waals surface area contributed by atoms with Crippen molar-refractivity contribution in [2.75, 3.05) is 26.2 Å². The standard InChI is InChI=1S/C25H33ClN2O4S/c1-25(2,3)20-10-6-7-11-22(20)32-17-14-27-24(29)19-12-13-21(26)23(18-19)33(30,31)28-15-8-4-5-9-16-28/h6-7,10-13,18H,4-5,8-9,14-17H2,1-3H3,(H,27,29). The molecule has 0 aliphatic carbocycles. The summed E-state index contributed by atoms with van der Waals surface area (Å²) in [7, 11) is -3.76. The summed E-state index contributed by atoms with van der Waals surface area (Å²) in [4.78, 5) is 12.7. The molecule has 1 saturated heterocycles. The van der Waals surface area contributed by atoms with Crippen LogP contribution in [-0.4, -0.2) is 44.9 Å². The van der Waals surface area contributed by atoms with E-state index in [1.54, 1.807) is 0 Å². The Hall–Kier alpha value is -2.09. The first-order valence-electron chi connectivity index (χ1n) is 11.4. The Kier molecular flexibility index (Phi) is 8.43. The lowest BCUT2D eigenvalue weighted by Gasteiger charge is -2.22. The maximum Gasteiger partial charge on any atom is 0.251 e. The second-order valence-corrected chi connectivity index (χ2v) is 11.6. The van der Waals surface area contributed by atoms with E-state index in [1.807, 2.05) is 24.3 Å². The maximum absolute atomic E-state index is 13.2. The van der Waals surface area contributed by atoms with E-state index < -0.39 is 10.0 Å². The van der Waals surface area contributed by atoms with Crippen molar-refractivity contribution < 1.29 is 17.9 Å². The third-order valence-corrected chi connectivity index (χ3v) is 8.10. The molecular weight excluding hydrogens is 460 g/mol. The Morgan fingerprint density at radius 3 is 2.39 bits per heavy atom. The molecule has 1 heterocycles. The van der Waals surface area contributed by atoms with Crippen molar-refractivity contribution in [2.45, 2.75) is 56.8 Å². The van der Waals surface area contributed by atoms with Gasteiger partial charge < -0.3 is 10.1 Å². The van der Waals surface area contributed by atoms with Crippen LogP contribution in [0, 0.1) is 0 Å². The first kappa shape index (κ1) is 25.5. The van der Waals surface area contributed by atoms with Gasteiger partial charge in [0.15, 0.2) is 0 Å². The summed E-state index contributed by atoms with van der Waals surface area (Å²) in [6.45, 7) is 7.89. The smallest absolute Gasteiger partial charge is 0.251 e. The zero-order valence-corrected chi connectivity index (χ0v) is 21.1. The highest BCUT2D eigenvalue weighted by Gasteiger charge is 2.28. The largest absolute Gasteiger partial charge is 0.491 e. The molecule has 0 atom stereocenters. The monoisotopic (exact) mass is 492 g/mol. The number of nitrogens with one attached hydrogen (secondary N) is 1. The number of para-hydroxylation sites is 1. The fraction of sp³-hybridized carbons (Fsp3) is 0.480. The average molecular weight is 493 g/mol. The SMILES string of the molecule is CC(C)(C)c1ccccc1OCCNC(=O)c1ccc(Cl)c(S(=O)(=O)N2CCCCCC2)c1. The highest BCUT2D eigenvalue weighted by molar-refractivity contribution is 7.89. The van der Waals surface area contributed by atoms with Gasteiger partial charge in [0, 0.05) is 18.7 Å². The molecule has 0 spiro atoms. The number of sulfonamides is 1. The van der Waals surface area contributed by atoms with Gasteiger partial charge in [-0.1, -0.05) is 63.4 Å². The van der Waals surface area contributed by atoms with Gasteiger partial charge in [-0.15, -0.1) is 0 Å². The highest BCUT2D eigenvalue weighted by Crippen LogP contribution is 2.31. The summed E-state index contributed by atoms with van der Waals surface area (Å²) in [6.07, 6.45) is 3.69. The quantitative estimate of drug-likeness (QED) is 0.551. The molecule has 1 amide bonds. The number of carbonyl (C=O) groups excluding carboxylic acids is 1. The van der Waals surface area contributed by atoms with Crippen LogP contribution in [0.1, 0.15) is 62.4 Å². The molecule has 6 nitrogen and oxygen atoms in total. The van der Waals surface area contributed by atoms with Crippen LogP contribution >= 0.6 is 11.6 Å². The normalized spacial score (nSPS) is 15.6. The topological polar surface area (TPSA) is 75.7 Å². The van der Waals surface area contributed by atoms with Crippen LogP contribution < -0.4 is 10.1 Å². The van der Waals surface area contributed by atoms with Gasteiger partial charge in [0.25, 0.3) is 5.91 Å². The number of carbonyl (C=O) groups is 1. The molecule has 0 unspecified atom stereocenters. The lowest BCUT2D eigenvalue weighted by molar-refractivity contribution is 0.0946. The summed E-state index contributed by atoms with van der Waals surface area (Å²) in [5.74, 6) is 0.420. The number of benzene rings is 2. The average Bonchev–Trinajstić information content (AvgIpc) is 3.06. The first-order chi connectivity index (χ1) is 15.6. The molecule has 2 aromatic rings.